The van der Waals surface area contributed by atoms with Crippen molar-refractivity contribution in [3.63, 3.8) is 0 Å². The van der Waals surface area contributed by atoms with Gasteiger partial charge in [0.2, 0.25) is 0 Å². The highest BCUT2D eigenvalue weighted by atomic mass is 16.7. The Hall–Kier alpha value is -0.275. The van der Waals surface area contributed by atoms with Gasteiger partial charge in [0.05, 0.1) is 11.2 Å². The fourth-order valence-corrected chi connectivity index (χ4v) is 1.14. The molecule has 0 aliphatic carbocycles. The molecular formula is C12H27BO2. The second-order valence-corrected chi connectivity index (χ2v) is 4.23. The van der Waals surface area contributed by atoms with Gasteiger partial charge in [0, 0.05) is 0 Å². The average Bonchev–Trinajstić information content (AvgIpc) is 2.23. The van der Waals surface area contributed by atoms with Crippen LogP contribution in [0.15, 0.2) is 12.7 Å². The summed E-state index contributed by atoms with van der Waals surface area (Å²) >= 11 is 0. The third-order valence-corrected chi connectivity index (χ3v) is 2.37. The molecule has 0 N–H and O–H groups in total. The van der Waals surface area contributed by atoms with Crippen LogP contribution in [0.25, 0.3) is 0 Å². The van der Waals surface area contributed by atoms with E-state index in [1.54, 1.807) is 6.08 Å². The van der Waals surface area contributed by atoms with Gasteiger partial charge in [-0.15, -0.1) is 6.58 Å². The molecule has 3 heteroatoms. The van der Waals surface area contributed by atoms with Crippen LogP contribution in [0.2, 0.25) is 6.82 Å². The largest absolute Gasteiger partial charge is 0.454 e. The molecular weight excluding hydrogens is 187 g/mol. The summed E-state index contributed by atoms with van der Waals surface area (Å²) in [7, 11) is -0.0648. The Balaban J connectivity index is 0. The van der Waals surface area contributed by atoms with Crippen molar-refractivity contribution in [3.8, 4) is 0 Å². The Morgan fingerprint density at radius 3 is 1.27 bits per heavy atom. The third-order valence-electron chi connectivity index (χ3n) is 2.37. The normalized spacial score (nSPS) is 20.7. The Kier molecular flexibility index (Phi) is 8.08. The van der Waals surface area contributed by atoms with Gasteiger partial charge in [-0.1, -0.05) is 19.9 Å². The highest BCUT2D eigenvalue weighted by molar-refractivity contribution is 6.43. The number of rotatable bonds is 0. The first-order valence-corrected chi connectivity index (χ1v) is 5.69. The van der Waals surface area contributed by atoms with Gasteiger partial charge >= 0.3 is 7.12 Å². The van der Waals surface area contributed by atoms with E-state index in [0.717, 1.165) is 0 Å². The summed E-state index contributed by atoms with van der Waals surface area (Å²) in [6, 6.07) is 0. The summed E-state index contributed by atoms with van der Waals surface area (Å²) in [5, 5.41) is 0. The van der Waals surface area contributed by atoms with Crippen LogP contribution >= 0.6 is 0 Å². The zero-order valence-electron chi connectivity index (χ0n) is 11.7. The van der Waals surface area contributed by atoms with Crippen LogP contribution in [-0.4, -0.2) is 18.3 Å². The molecule has 1 heterocycles. The molecule has 1 saturated heterocycles. The molecule has 1 aliphatic heterocycles. The minimum atomic E-state index is -0.160. The summed E-state index contributed by atoms with van der Waals surface area (Å²) in [4.78, 5) is 0. The number of hydrogen-bond acceptors (Lipinski definition) is 2. The van der Waals surface area contributed by atoms with Gasteiger partial charge in [-0.3, -0.25) is 0 Å². The molecule has 2 nitrogen and oxygen atoms in total. The van der Waals surface area contributed by atoms with Gasteiger partial charge in [0.15, 0.2) is 0 Å². The molecule has 0 aromatic carbocycles. The lowest BCUT2D eigenvalue weighted by Gasteiger charge is -2.32. The molecule has 1 rings (SSSR count). The molecule has 1 aliphatic rings. The van der Waals surface area contributed by atoms with Crippen molar-refractivity contribution >= 4 is 7.12 Å². The lowest BCUT2D eigenvalue weighted by molar-refractivity contribution is 0.00578. The molecule has 0 radical (unpaired) electrons. The maximum Gasteiger partial charge on any atom is 0.454 e. The summed E-state index contributed by atoms with van der Waals surface area (Å²) in [6.07, 6.45) is 1.75. The quantitative estimate of drug-likeness (QED) is 0.449. The second-order valence-electron chi connectivity index (χ2n) is 4.23. The van der Waals surface area contributed by atoms with E-state index in [1.165, 1.54) is 0 Å². The van der Waals surface area contributed by atoms with Gasteiger partial charge in [0.25, 0.3) is 0 Å². The smallest absolute Gasteiger partial charge is 0.403 e. The minimum Gasteiger partial charge on any atom is -0.403 e. The van der Waals surface area contributed by atoms with Gasteiger partial charge < -0.3 is 9.31 Å². The molecule has 0 amide bonds. The predicted octanol–water partition coefficient (Wildman–Crippen LogP) is 3.93. The van der Waals surface area contributed by atoms with Crippen molar-refractivity contribution in [1.29, 1.82) is 0 Å². The zero-order chi connectivity index (χ0) is 12.7. The standard InChI is InChI=1S/C7H15BO2.C3H6.C2H6/c1-6(2)7(3,4)10-8(5)9-6;1-3-2;1-2/h1-5H3;3H,1H2,2H3;1-2H3. The van der Waals surface area contributed by atoms with Crippen molar-refractivity contribution < 1.29 is 9.31 Å². The topological polar surface area (TPSA) is 18.5 Å². The molecule has 0 spiro atoms. The van der Waals surface area contributed by atoms with Gasteiger partial charge in [-0.05, 0) is 41.4 Å². The molecule has 0 unspecified atom stereocenters. The highest BCUT2D eigenvalue weighted by Gasteiger charge is 2.48. The molecule has 1 fully saturated rings. The van der Waals surface area contributed by atoms with Crippen molar-refractivity contribution in [2.45, 2.75) is 66.5 Å². The fraction of sp³-hybridized carbons (Fsp3) is 0.833. The molecule has 0 atom stereocenters. The van der Waals surface area contributed by atoms with Gasteiger partial charge in [-0.2, -0.15) is 0 Å². The van der Waals surface area contributed by atoms with Crippen LogP contribution < -0.4 is 0 Å². The van der Waals surface area contributed by atoms with Crippen LogP contribution in [0.4, 0.5) is 0 Å². The Morgan fingerprint density at radius 1 is 1.00 bits per heavy atom. The molecule has 0 aromatic rings. The third kappa shape index (κ3) is 5.38. The van der Waals surface area contributed by atoms with Crippen LogP contribution in [0.3, 0.4) is 0 Å². The predicted molar refractivity (Wildman–Crippen MR) is 69.2 cm³/mol. The molecule has 0 saturated carbocycles. The highest BCUT2D eigenvalue weighted by Crippen LogP contribution is 2.36. The fourth-order valence-electron chi connectivity index (χ4n) is 1.14. The summed E-state index contributed by atoms with van der Waals surface area (Å²) < 4.78 is 11.1. The van der Waals surface area contributed by atoms with Crippen LogP contribution in [0, 0.1) is 0 Å². The van der Waals surface area contributed by atoms with Crippen LogP contribution in [-0.2, 0) is 9.31 Å². The Bertz CT molecular complexity index is 160. The van der Waals surface area contributed by atoms with E-state index < -0.39 is 0 Å². The van der Waals surface area contributed by atoms with Gasteiger partial charge in [0.1, 0.15) is 0 Å². The first-order valence-electron chi connectivity index (χ1n) is 5.69. The molecule has 15 heavy (non-hydrogen) atoms. The Morgan fingerprint density at radius 2 is 1.20 bits per heavy atom. The SMILES string of the molecule is C=CC.CB1OC(C)(C)C(C)(C)O1.CC. The molecule has 0 bridgehead atoms. The summed E-state index contributed by atoms with van der Waals surface area (Å²) in [5.41, 5.74) is -0.321. The van der Waals surface area contributed by atoms with Crippen LogP contribution in [0.1, 0.15) is 48.5 Å². The van der Waals surface area contributed by atoms with E-state index in [4.69, 9.17) is 9.31 Å². The van der Waals surface area contributed by atoms with Crippen molar-refractivity contribution in [2.24, 2.45) is 0 Å². The molecule has 0 aromatic heterocycles. The van der Waals surface area contributed by atoms with E-state index in [9.17, 15) is 0 Å². The zero-order valence-corrected chi connectivity index (χ0v) is 11.7. The minimum absolute atomic E-state index is 0.0648. The summed E-state index contributed by atoms with van der Waals surface area (Å²) in [6.45, 7) is 19.4. The van der Waals surface area contributed by atoms with Crippen LogP contribution in [0.5, 0.6) is 0 Å². The maximum atomic E-state index is 5.54. The Labute approximate surface area is 96.2 Å². The lowest BCUT2D eigenvalue weighted by Crippen LogP contribution is -2.41. The van der Waals surface area contributed by atoms with E-state index in [2.05, 4.69) is 34.3 Å². The van der Waals surface area contributed by atoms with Crippen molar-refractivity contribution in [2.75, 3.05) is 0 Å². The van der Waals surface area contributed by atoms with E-state index in [1.807, 2.05) is 27.6 Å². The second kappa shape index (κ2) is 7.07. The van der Waals surface area contributed by atoms with E-state index >= 15 is 0 Å². The number of allylic oxidation sites excluding steroid dienone is 1. The lowest BCUT2D eigenvalue weighted by atomic mass is 9.90. The molecule has 90 valence electrons. The number of hydrogen-bond donors (Lipinski definition) is 0. The first kappa shape index (κ1) is 17.1. The maximum absolute atomic E-state index is 5.54. The summed E-state index contributed by atoms with van der Waals surface area (Å²) in [5.74, 6) is 0. The van der Waals surface area contributed by atoms with Gasteiger partial charge in [-0.25, -0.2) is 0 Å². The first-order chi connectivity index (χ1) is 6.77. The van der Waals surface area contributed by atoms with E-state index in [0.29, 0.717) is 0 Å². The average molecular weight is 214 g/mol. The van der Waals surface area contributed by atoms with E-state index in [-0.39, 0.29) is 18.3 Å². The monoisotopic (exact) mass is 214 g/mol. The van der Waals surface area contributed by atoms with Crippen molar-refractivity contribution in [1.82, 2.24) is 0 Å². The van der Waals surface area contributed by atoms with Crippen molar-refractivity contribution in [3.05, 3.63) is 12.7 Å².